The quantitative estimate of drug-likeness (QED) is 0.163. The van der Waals surface area contributed by atoms with E-state index < -0.39 is 245 Å². The van der Waals surface area contributed by atoms with Crippen molar-refractivity contribution in [2.24, 2.45) is 0 Å². The Labute approximate surface area is 366 Å². The smallest absolute Gasteiger partial charge is 0.135 e. The number of hydrogen-bond acceptors (Lipinski definition) is 1. The highest BCUT2D eigenvalue weighted by Gasteiger charge is 2.20. The molecule has 0 fully saturated rings. The molecule has 1 heterocycles. The SMILES string of the molecule is [2H]c1c(-c2ccc3ccccc3c2)c([2H])c2c(oc3c([2H])c([2H])c(-c4c([2H])c([2H])c(-c5c6c([2H])c([2H])c([2H])c([2H])c6c(-c6cc([2H])c7c([2H])c([2H])c([2H])c([2H])c7c6[2H])c6c([2H])c([2H])c([2H])c([2H])c56)c5c([2H])c([2H])c([2H])c([2H])c45)c([2H])c32)c1[2H]. The molecule has 0 amide bonds. The van der Waals surface area contributed by atoms with E-state index >= 15 is 0 Å². The van der Waals surface area contributed by atoms with Crippen molar-refractivity contribution in [2.75, 3.05) is 0 Å². The van der Waals surface area contributed by atoms with Crippen LogP contribution in [0, 0.1) is 0 Å². The molecule has 264 valence electrons. The highest BCUT2D eigenvalue weighted by atomic mass is 16.3. The summed E-state index contributed by atoms with van der Waals surface area (Å²) in [6.07, 6.45) is 0. The molecule has 11 aromatic carbocycles. The Hall–Kier alpha value is -7.48. The lowest BCUT2D eigenvalue weighted by Crippen LogP contribution is -1.92. The molecule has 0 aliphatic carbocycles. The Bertz CT molecular complexity index is 5020. The van der Waals surface area contributed by atoms with Crippen molar-refractivity contribution in [1.82, 2.24) is 0 Å². The monoisotopic (exact) mass is 748 g/mol. The van der Waals surface area contributed by atoms with Crippen LogP contribution in [0.15, 0.2) is 210 Å². The standard InChI is InChI=1S/C56H34O/c1-3-13-37-31-39(23-21-35(37)11-1)40-25-29-53-51(33-40)52-34-41(26-30-54(52)57-53)43-27-28-50(45-16-6-5-15-44(43)45)56-48-19-9-7-17-46(48)55(47-18-8-10-20-49(47)56)42-24-22-36-12-2-4-14-38(36)32-42/h1-34H/i2D,4D,5D,6D,7D,8D,9D,10D,12D,14D,15D,16D,17D,18D,19D,20D,22D,25D,26D,27D,28D,29D,30D,32D,33D,34D. The van der Waals surface area contributed by atoms with Crippen molar-refractivity contribution < 1.29 is 40.1 Å². The number of fused-ring (bicyclic) bond motifs is 8. The minimum atomic E-state index is -1.06. The van der Waals surface area contributed by atoms with Crippen LogP contribution < -0.4 is 0 Å². The second kappa shape index (κ2) is 12.5. The van der Waals surface area contributed by atoms with Crippen molar-refractivity contribution in [1.29, 1.82) is 0 Å². The summed E-state index contributed by atoms with van der Waals surface area (Å²) in [6.45, 7) is 0. The zero-order chi connectivity index (χ0) is 60.1. The summed E-state index contributed by atoms with van der Waals surface area (Å²) in [7, 11) is 0. The van der Waals surface area contributed by atoms with Gasteiger partial charge in [0, 0.05) is 10.8 Å². The van der Waals surface area contributed by atoms with Crippen LogP contribution in [-0.2, 0) is 0 Å². The van der Waals surface area contributed by atoms with E-state index in [9.17, 15) is 17.8 Å². The van der Waals surface area contributed by atoms with Crippen LogP contribution in [0.4, 0.5) is 0 Å². The second-order valence-corrected chi connectivity index (χ2v) is 13.1. The van der Waals surface area contributed by atoms with Crippen LogP contribution in [0.3, 0.4) is 0 Å². The van der Waals surface area contributed by atoms with Crippen molar-refractivity contribution in [3.05, 3.63) is 206 Å². The normalized spacial score (nSPS) is 18.2. The molecule has 1 nitrogen and oxygen atoms in total. The lowest BCUT2D eigenvalue weighted by Gasteiger charge is -2.20. The van der Waals surface area contributed by atoms with Gasteiger partial charge in [-0.2, -0.15) is 0 Å². The van der Waals surface area contributed by atoms with Gasteiger partial charge in [-0.05, 0) is 135 Å². The molecule has 1 heteroatoms. The summed E-state index contributed by atoms with van der Waals surface area (Å²) in [4.78, 5) is 0. The van der Waals surface area contributed by atoms with E-state index in [2.05, 4.69) is 0 Å². The summed E-state index contributed by atoms with van der Waals surface area (Å²) in [6, 6.07) is -8.56. The third-order valence-corrected chi connectivity index (χ3v) is 10.0. The van der Waals surface area contributed by atoms with Gasteiger partial charge in [0.05, 0.1) is 35.6 Å². The first-order valence-corrected chi connectivity index (χ1v) is 17.6. The van der Waals surface area contributed by atoms with Gasteiger partial charge in [-0.1, -0.05) is 169 Å². The van der Waals surface area contributed by atoms with Gasteiger partial charge in [0.1, 0.15) is 11.2 Å². The predicted molar refractivity (Wildman–Crippen MR) is 243 cm³/mol. The molecule has 12 rings (SSSR count). The fraction of sp³-hybridized carbons (Fsp3) is 0. The molecule has 0 unspecified atom stereocenters. The van der Waals surface area contributed by atoms with Crippen molar-refractivity contribution in [3.8, 4) is 44.5 Å². The van der Waals surface area contributed by atoms with Crippen LogP contribution in [0.1, 0.15) is 35.6 Å². The lowest BCUT2D eigenvalue weighted by atomic mass is 9.83. The minimum absolute atomic E-state index is 0.0640. The van der Waals surface area contributed by atoms with Gasteiger partial charge in [-0.25, -0.2) is 0 Å². The van der Waals surface area contributed by atoms with Crippen molar-refractivity contribution >= 4 is 75.8 Å². The van der Waals surface area contributed by atoms with Crippen LogP contribution in [0.5, 0.6) is 0 Å². The van der Waals surface area contributed by atoms with E-state index in [1.807, 2.05) is 12.1 Å². The highest BCUT2D eigenvalue weighted by Crippen LogP contribution is 2.47. The fourth-order valence-electron chi connectivity index (χ4n) is 7.43. The summed E-state index contributed by atoms with van der Waals surface area (Å²) in [5, 5.41) is -4.11. The first-order valence-electron chi connectivity index (χ1n) is 30.6. The topological polar surface area (TPSA) is 13.1 Å². The number of hydrogen-bond donors (Lipinski definition) is 0. The summed E-state index contributed by atoms with van der Waals surface area (Å²) in [5.41, 5.74) is -4.59. The average molecular weight is 749 g/mol. The van der Waals surface area contributed by atoms with E-state index in [1.165, 1.54) is 0 Å². The highest BCUT2D eigenvalue weighted by molar-refractivity contribution is 6.24. The van der Waals surface area contributed by atoms with Crippen LogP contribution in [0.2, 0.25) is 0 Å². The molecule has 1 aromatic heterocycles. The molecule has 0 spiro atoms. The number of benzene rings is 11. The zero-order valence-corrected chi connectivity index (χ0v) is 29.0. The largest absolute Gasteiger partial charge is 0.456 e. The van der Waals surface area contributed by atoms with Gasteiger partial charge in [0.2, 0.25) is 0 Å². The first-order chi connectivity index (χ1) is 39.1. The molecule has 0 saturated heterocycles. The van der Waals surface area contributed by atoms with Gasteiger partial charge in [0.15, 0.2) is 0 Å². The van der Waals surface area contributed by atoms with E-state index in [-0.39, 0.29) is 16.3 Å². The Morgan fingerprint density at radius 1 is 0.316 bits per heavy atom. The average Bonchev–Trinajstić information content (AvgIpc) is 1.31. The minimum Gasteiger partial charge on any atom is -0.456 e. The maximum atomic E-state index is 10.0. The maximum Gasteiger partial charge on any atom is 0.135 e. The van der Waals surface area contributed by atoms with E-state index in [1.54, 1.807) is 30.3 Å². The first kappa shape index (κ1) is 15.6. The molecular formula is C56H34O. The van der Waals surface area contributed by atoms with E-state index in [0.717, 1.165) is 16.8 Å². The lowest BCUT2D eigenvalue weighted by molar-refractivity contribution is 0.669. The molecule has 12 aromatic rings. The van der Waals surface area contributed by atoms with Gasteiger partial charge in [-0.3, -0.25) is 0 Å². The summed E-state index contributed by atoms with van der Waals surface area (Å²) < 4.78 is 247. The Kier molecular flexibility index (Phi) is 3.42. The Balaban J connectivity index is 1.29. The van der Waals surface area contributed by atoms with Gasteiger partial charge < -0.3 is 4.42 Å². The predicted octanol–water partition coefficient (Wildman–Crippen LogP) is 16.0. The van der Waals surface area contributed by atoms with E-state index in [4.69, 9.17) is 22.2 Å². The molecule has 0 N–H and O–H groups in total. The number of rotatable bonds is 4. The Morgan fingerprint density at radius 2 is 0.877 bits per heavy atom. The molecule has 57 heavy (non-hydrogen) atoms. The zero-order valence-electron chi connectivity index (χ0n) is 55.0. The molecule has 0 atom stereocenters. The molecule has 0 saturated carbocycles. The van der Waals surface area contributed by atoms with Crippen LogP contribution in [0.25, 0.3) is 120 Å². The van der Waals surface area contributed by atoms with Crippen molar-refractivity contribution in [3.63, 3.8) is 0 Å². The molecule has 0 aliphatic rings. The molecule has 0 bridgehead atoms. The van der Waals surface area contributed by atoms with Gasteiger partial charge in [-0.15, -0.1) is 0 Å². The van der Waals surface area contributed by atoms with Crippen LogP contribution in [-0.4, -0.2) is 0 Å². The van der Waals surface area contributed by atoms with E-state index in [0.29, 0.717) is 5.56 Å². The third kappa shape index (κ3) is 5.03. The fourth-order valence-corrected chi connectivity index (χ4v) is 7.43. The summed E-state index contributed by atoms with van der Waals surface area (Å²) in [5.74, 6) is 0. The Morgan fingerprint density at radius 3 is 1.60 bits per heavy atom. The van der Waals surface area contributed by atoms with Gasteiger partial charge in [0.25, 0.3) is 0 Å². The molecule has 0 radical (unpaired) electrons. The number of furan rings is 1. The molecular weight excluding hydrogens is 689 g/mol. The second-order valence-electron chi connectivity index (χ2n) is 13.1. The summed E-state index contributed by atoms with van der Waals surface area (Å²) >= 11 is 0. The third-order valence-electron chi connectivity index (χ3n) is 10.0. The molecule has 0 aliphatic heterocycles. The maximum absolute atomic E-state index is 10.0. The van der Waals surface area contributed by atoms with Gasteiger partial charge >= 0.3 is 0 Å². The van der Waals surface area contributed by atoms with Crippen molar-refractivity contribution in [2.45, 2.75) is 0 Å². The van der Waals surface area contributed by atoms with Crippen LogP contribution >= 0.6 is 0 Å².